The number of hydrogen-bond acceptors (Lipinski definition) is 3. The number of hydrogen-bond donors (Lipinski definition) is 2. The molecule has 1 aromatic heterocycles. The van der Waals surface area contributed by atoms with Gasteiger partial charge in [-0.1, -0.05) is 42.5 Å². The minimum Gasteiger partial charge on any atom is -0.382 e. The smallest absolute Gasteiger partial charge is 0.115 e. The predicted molar refractivity (Wildman–Crippen MR) is 93.7 cm³/mol. The van der Waals surface area contributed by atoms with Crippen molar-refractivity contribution in [3.05, 3.63) is 65.7 Å². The Bertz CT molecular complexity index is 885. The molecule has 1 aliphatic carbocycles. The quantitative estimate of drug-likeness (QED) is 0.777. The Morgan fingerprint density at radius 3 is 2.75 bits per heavy atom. The number of aliphatic hydroxyl groups is 1. The van der Waals surface area contributed by atoms with Crippen LogP contribution in [0.25, 0.3) is 10.8 Å². The maximum Gasteiger partial charge on any atom is 0.115 e. The molecule has 4 nitrogen and oxygen atoms in total. The number of nitrogens with one attached hydrogen (secondary N) is 1. The Labute approximate surface area is 141 Å². The van der Waals surface area contributed by atoms with Gasteiger partial charge in [0, 0.05) is 37.4 Å². The maximum absolute atomic E-state index is 11.1. The monoisotopic (exact) mass is 319 g/mol. The van der Waals surface area contributed by atoms with E-state index in [0.29, 0.717) is 19.0 Å². The molecule has 0 bridgehead atoms. The summed E-state index contributed by atoms with van der Waals surface area (Å²) < 4.78 is 0. The van der Waals surface area contributed by atoms with Crippen LogP contribution in [0.15, 0.2) is 48.7 Å². The van der Waals surface area contributed by atoms with Gasteiger partial charge < -0.3 is 10.1 Å². The number of imidazole rings is 1. The van der Waals surface area contributed by atoms with Crippen molar-refractivity contribution < 1.29 is 5.11 Å². The molecule has 2 aromatic carbocycles. The van der Waals surface area contributed by atoms with E-state index in [1.54, 1.807) is 0 Å². The molecular formula is C20H21N3O. The minimum absolute atomic E-state index is 0.655. The minimum atomic E-state index is -0.750. The van der Waals surface area contributed by atoms with Crippen molar-refractivity contribution in [1.82, 2.24) is 14.9 Å². The summed E-state index contributed by atoms with van der Waals surface area (Å²) in [6, 6.07) is 14.5. The molecule has 2 heterocycles. The van der Waals surface area contributed by atoms with Gasteiger partial charge in [0.05, 0.1) is 0 Å². The van der Waals surface area contributed by atoms with Crippen LogP contribution < -0.4 is 0 Å². The molecule has 2 fully saturated rings. The number of fused-ring (bicyclic) bond motifs is 1. The van der Waals surface area contributed by atoms with Gasteiger partial charge in [0.25, 0.3) is 0 Å². The summed E-state index contributed by atoms with van der Waals surface area (Å²) in [6.45, 7) is 2.16. The average molecular weight is 319 g/mol. The van der Waals surface area contributed by atoms with Gasteiger partial charge in [-0.3, -0.25) is 4.90 Å². The SMILES string of the molecule is OC1(c2cccc3ccccc23)CN(Cc2cnc(C3CC3)[nH]2)C1. The van der Waals surface area contributed by atoms with Crippen LogP contribution in [0.4, 0.5) is 0 Å². The molecule has 4 heteroatoms. The van der Waals surface area contributed by atoms with Gasteiger partial charge in [0.1, 0.15) is 11.4 Å². The van der Waals surface area contributed by atoms with Crippen LogP contribution in [0.2, 0.25) is 0 Å². The molecule has 0 atom stereocenters. The second kappa shape index (κ2) is 5.16. The molecule has 2 N–H and O–H groups in total. The number of benzene rings is 2. The highest BCUT2D eigenvalue weighted by atomic mass is 16.3. The highest BCUT2D eigenvalue weighted by Gasteiger charge is 2.43. The van der Waals surface area contributed by atoms with Crippen LogP contribution >= 0.6 is 0 Å². The molecule has 0 unspecified atom stereocenters. The molecule has 2 aliphatic rings. The van der Waals surface area contributed by atoms with E-state index in [1.165, 1.54) is 18.2 Å². The van der Waals surface area contributed by atoms with Crippen molar-refractivity contribution >= 4 is 10.8 Å². The lowest BCUT2D eigenvalue weighted by atomic mass is 9.83. The number of H-pyrrole nitrogens is 1. The number of nitrogens with zero attached hydrogens (tertiary/aromatic N) is 2. The average Bonchev–Trinajstić information content (AvgIpc) is 3.32. The molecule has 24 heavy (non-hydrogen) atoms. The maximum atomic E-state index is 11.1. The summed E-state index contributed by atoms with van der Waals surface area (Å²) in [5.41, 5.74) is 1.44. The van der Waals surface area contributed by atoms with E-state index < -0.39 is 5.60 Å². The molecule has 5 rings (SSSR count). The van der Waals surface area contributed by atoms with Crippen molar-refractivity contribution in [3.63, 3.8) is 0 Å². The van der Waals surface area contributed by atoms with Gasteiger partial charge in [0.2, 0.25) is 0 Å². The topological polar surface area (TPSA) is 52.1 Å². The fourth-order valence-electron chi connectivity index (χ4n) is 3.87. The lowest BCUT2D eigenvalue weighted by Crippen LogP contribution is -2.58. The summed E-state index contributed by atoms with van der Waals surface area (Å²) >= 11 is 0. The molecule has 3 aromatic rings. The van der Waals surface area contributed by atoms with E-state index in [0.717, 1.165) is 29.0 Å². The molecule has 1 saturated heterocycles. The fraction of sp³-hybridized carbons (Fsp3) is 0.350. The number of likely N-dealkylation sites (tertiary alicyclic amines) is 1. The first kappa shape index (κ1) is 14.2. The number of aromatic amines is 1. The van der Waals surface area contributed by atoms with Gasteiger partial charge in [-0.05, 0) is 29.2 Å². The molecule has 0 spiro atoms. The second-order valence-corrected chi connectivity index (χ2v) is 7.27. The van der Waals surface area contributed by atoms with Crippen molar-refractivity contribution in [2.24, 2.45) is 0 Å². The van der Waals surface area contributed by atoms with E-state index in [1.807, 2.05) is 24.4 Å². The van der Waals surface area contributed by atoms with E-state index >= 15 is 0 Å². The van der Waals surface area contributed by atoms with Gasteiger partial charge in [0.15, 0.2) is 0 Å². The zero-order valence-electron chi connectivity index (χ0n) is 13.6. The Balaban J connectivity index is 1.33. The molecule has 0 amide bonds. The van der Waals surface area contributed by atoms with Crippen LogP contribution in [-0.4, -0.2) is 33.1 Å². The van der Waals surface area contributed by atoms with Crippen molar-refractivity contribution in [2.75, 3.05) is 13.1 Å². The standard InChI is InChI=1S/C20H21N3O/c24-20(18-7-3-5-14-4-1-2-6-17(14)18)12-23(13-20)11-16-10-21-19(22-16)15-8-9-15/h1-7,10,15,24H,8-9,11-13H2,(H,21,22). The fourth-order valence-corrected chi connectivity index (χ4v) is 3.87. The van der Waals surface area contributed by atoms with Crippen LogP contribution in [-0.2, 0) is 12.1 Å². The lowest BCUT2D eigenvalue weighted by molar-refractivity contribution is -0.107. The summed E-state index contributed by atoms with van der Waals surface area (Å²) in [5, 5.41) is 13.4. The third kappa shape index (κ3) is 2.34. The first-order valence-electron chi connectivity index (χ1n) is 8.68. The number of rotatable bonds is 4. The zero-order chi connectivity index (χ0) is 16.1. The van der Waals surface area contributed by atoms with E-state index in [2.05, 4.69) is 39.1 Å². The van der Waals surface area contributed by atoms with Crippen LogP contribution in [0, 0.1) is 0 Å². The van der Waals surface area contributed by atoms with E-state index in [-0.39, 0.29) is 0 Å². The van der Waals surface area contributed by atoms with Crippen molar-refractivity contribution in [2.45, 2.75) is 30.9 Å². The Hall–Kier alpha value is -2.17. The Morgan fingerprint density at radius 2 is 1.92 bits per heavy atom. The van der Waals surface area contributed by atoms with Gasteiger partial charge in [-0.25, -0.2) is 4.98 Å². The summed E-state index contributed by atoms with van der Waals surface area (Å²) in [6.07, 6.45) is 4.47. The molecular weight excluding hydrogens is 298 g/mol. The highest BCUT2D eigenvalue weighted by Crippen LogP contribution is 2.39. The summed E-state index contributed by atoms with van der Waals surface area (Å²) in [5.74, 6) is 1.79. The first-order chi connectivity index (χ1) is 11.7. The third-order valence-corrected chi connectivity index (χ3v) is 5.27. The number of aromatic nitrogens is 2. The van der Waals surface area contributed by atoms with Crippen molar-refractivity contribution in [1.29, 1.82) is 0 Å². The van der Waals surface area contributed by atoms with E-state index in [9.17, 15) is 5.11 Å². The Morgan fingerprint density at radius 1 is 1.12 bits per heavy atom. The lowest BCUT2D eigenvalue weighted by Gasteiger charge is -2.47. The predicted octanol–water partition coefficient (Wildman–Crippen LogP) is 3.14. The summed E-state index contributed by atoms with van der Waals surface area (Å²) in [7, 11) is 0. The van der Waals surface area contributed by atoms with Crippen LogP contribution in [0.1, 0.15) is 35.8 Å². The molecule has 122 valence electrons. The molecule has 1 aliphatic heterocycles. The summed E-state index contributed by atoms with van der Waals surface area (Å²) in [4.78, 5) is 10.2. The van der Waals surface area contributed by atoms with Crippen LogP contribution in [0.3, 0.4) is 0 Å². The largest absolute Gasteiger partial charge is 0.382 e. The normalized spacial score (nSPS) is 20.2. The third-order valence-electron chi connectivity index (χ3n) is 5.27. The van der Waals surface area contributed by atoms with Crippen LogP contribution in [0.5, 0.6) is 0 Å². The number of β-amino-alcohol motifs (C(OH)–C–C–N with tert-alkyl or cyclic N) is 1. The first-order valence-corrected chi connectivity index (χ1v) is 8.68. The second-order valence-electron chi connectivity index (χ2n) is 7.27. The van der Waals surface area contributed by atoms with Gasteiger partial charge >= 0.3 is 0 Å². The highest BCUT2D eigenvalue weighted by molar-refractivity contribution is 5.86. The molecule has 1 saturated carbocycles. The Kier molecular flexibility index (Phi) is 3.05. The van der Waals surface area contributed by atoms with Gasteiger partial charge in [-0.2, -0.15) is 0 Å². The van der Waals surface area contributed by atoms with Crippen molar-refractivity contribution in [3.8, 4) is 0 Å². The van der Waals surface area contributed by atoms with E-state index in [4.69, 9.17) is 0 Å². The van der Waals surface area contributed by atoms with Gasteiger partial charge in [-0.15, -0.1) is 0 Å². The molecule has 0 radical (unpaired) electrons. The zero-order valence-corrected chi connectivity index (χ0v) is 13.6.